The summed E-state index contributed by atoms with van der Waals surface area (Å²) in [7, 11) is -3.85. The molecule has 1 aliphatic rings. The van der Waals surface area contributed by atoms with Crippen LogP contribution in [0.3, 0.4) is 0 Å². The Morgan fingerprint density at radius 2 is 1.61 bits per heavy atom. The van der Waals surface area contributed by atoms with Crippen molar-refractivity contribution in [1.82, 2.24) is 4.31 Å². The largest absolute Gasteiger partial charge is 0.273 e. The lowest BCUT2D eigenvalue weighted by molar-refractivity contribution is -0.127. The second kappa shape index (κ2) is 5.81. The van der Waals surface area contributed by atoms with Crippen LogP contribution in [-0.2, 0) is 14.8 Å². The van der Waals surface area contributed by atoms with E-state index >= 15 is 0 Å². The zero-order valence-corrected chi connectivity index (χ0v) is 14.0. The molecule has 1 amide bonds. The van der Waals surface area contributed by atoms with Crippen molar-refractivity contribution in [1.29, 1.82) is 0 Å². The SMILES string of the molecule is Cc1ccc(S(=O)(=O)N2C(=O)[C@@H](C)C[C@H]2c2ccccc2)cc1. The molecule has 0 aliphatic carbocycles. The van der Waals surface area contributed by atoms with Gasteiger partial charge in [0.2, 0.25) is 5.91 Å². The zero-order valence-electron chi connectivity index (χ0n) is 13.1. The Morgan fingerprint density at radius 3 is 2.22 bits per heavy atom. The van der Waals surface area contributed by atoms with Crippen molar-refractivity contribution in [3.05, 3.63) is 65.7 Å². The van der Waals surface area contributed by atoms with Crippen LogP contribution >= 0.6 is 0 Å². The Labute approximate surface area is 136 Å². The molecule has 0 N–H and O–H groups in total. The maximum atomic E-state index is 13.0. The van der Waals surface area contributed by atoms with E-state index in [1.165, 1.54) is 0 Å². The third-order valence-corrected chi connectivity index (χ3v) is 6.08. The molecule has 5 heteroatoms. The monoisotopic (exact) mass is 329 g/mol. The first-order valence-electron chi connectivity index (χ1n) is 7.61. The number of rotatable bonds is 3. The molecule has 0 unspecified atom stereocenters. The maximum Gasteiger partial charge on any atom is 0.267 e. The van der Waals surface area contributed by atoms with E-state index < -0.39 is 16.1 Å². The summed E-state index contributed by atoms with van der Waals surface area (Å²) in [4.78, 5) is 12.7. The molecule has 120 valence electrons. The van der Waals surface area contributed by atoms with Crippen molar-refractivity contribution in [2.24, 2.45) is 5.92 Å². The number of hydrogen-bond donors (Lipinski definition) is 0. The van der Waals surface area contributed by atoms with Gasteiger partial charge in [0.15, 0.2) is 0 Å². The minimum Gasteiger partial charge on any atom is -0.273 e. The number of nitrogens with zero attached hydrogens (tertiary/aromatic N) is 1. The summed E-state index contributed by atoms with van der Waals surface area (Å²) in [6.07, 6.45) is 0.508. The first-order valence-corrected chi connectivity index (χ1v) is 9.05. The summed E-state index contributed by atoms with van der Waals surface area (Å²) in [5, 5.41) is 0. The van der Waals surface area contributed by atoms with Gasteiger partial charge < -0.3 is 0 Å². The van der Waals surface area contributed by atoms with E-state index in [4.69, 9.17) is 0 Å². The molecule has 1 heterocycles. The molecule has 1 saturated heterocycles. The second-order valence-corrected chi connectivity index (χ2v) is 7.83. The van der Waals surface area contributed by atoms with Gasteiger partial charge in [-0.1, -0.05) is 55.0 Å². The van der Waals surface area contributed by atoms with Crippen molar-refractivity contribution in [2.45, 2.75) is 31.2 Å². The van der Waals surface area contributed by atoms with Crippen LogP contribution < -0.4 is 0 Å². The molecule has 0 radical (unpaired) electrons. The molecule has 2 atom stereocenters. The average molecular weight is 329 g/mol. The quantitative estimate of drug-likeness (QED) is 0.868. The number of hydrogen-bond acceptors (Lipinski definition) is 3. The van der Waals surface area contributed by atoms with Gasteiger partial charge >= 0.3 is 0 Å². The highest BCUT2D eigenvalue weighted by Crippen LogP contribution is 2.40. The highest BCUT2D eigenvalue weighted by atomic mass is 32.2. The summed E-state index contributed by atoms with van der Waals surface area (Å²) in [6.45, 7) is 3.68. The highest BCUT2D eigenvalue weighted by molar-refractivity contribution is 7.89. The normalized spacial score (nSPS) is 21.7. The van der Waals surface area contributed by atoms with E-state index in [-0.39, 0.29) is 16.7 Å². The van der Waals surface area contributed by atoms with Crippen molar-refractivity contribution in [2.75, 3.05) is 0 Å². The fourth-order valence-corrected chi connectivity index (χ4v) is 4.63. The molecule has 0 bridgehead atoms. The van der Waals surface area contributed by atoms with Gasteiger partial charge in [-0.2, -0.15) is 0 Å². The molecule has 23 heavy (non-hydrogen) atoms. The lowest BCUT2D eigenvalue weighted by Crippen LogP contribution is -2.35. The van der Waals surface area contributed by atoms with Crippen LogP contribution in [0.5, 0.6) is 0 Å². The molecule has 0 spiro atoms. The van der Waals surface area contributed by atoms with Crippen molar-refractivity contribution in [3.63, 3.8) is 0 Å². The van der Waals surface area contributed by atoms with E-state index in [1.807, 2.05) is 37.3 Å². The first-order chi connectivity index (χ1) is 10.9. The van der Waals surface area contributed by atoms with Gasteiger partial charge in [-0.15, -0.1) is 0 Å². The van der Waals surface area contributed by atoms with Gasteiger partial charge in [0.1, 0.15) is 0 Å². The molecule has 0 aromatic heterocycles. The fourth-order valence-electron chi connectivity index (χ4n) is 2.96. The van der Waals surface area contributed by atoms with Crippen LogP contribution in [0.2, 0.25) is 0 Å². The van der Waals surface area contributed by atoms with Gasteiger partial charge in [0, 0.05) is 5.92 Å². The molecule has 2 aromatic carbocycles. The van der Waals surface area contributed by atoms with E-state index in [0.717, 1.165) is 15.4 Å². The molecule has 3 rings (SSSR count). The van der Waals surface area contributed by atoms with Crippen LogP contribution in [0.4, 0.5) is 0 Å². The number of carbonyl (C=O) groups excluding carboxylic acids is 1. The highest BCUT2D eigenvalue weighted by Gasteiger charge is 2.45. The number of sulfonamides is 1. The molecular formula is C18H19NO3S. The molecule has 1 fully saturated rings. The predicted octanol–water partition coefficient (Wildman–Crippen LogP) is 3.29. The zero-order chi connectivity index (χ0) is 16.6. The smallest absolute Gasteiger partial charge is 0.267 e. The van der Waals surface area contributed by atoms with E-state index in [2.05, 4.69) is 0 Å². The third-order valence-electron chi connectivity index (χ3n) is 4.26. The van der Waals surface area contributed by atoms with Gasteiger partial charge in [0.25, 0.3) is 10.0 Å². The van der Waals surface area contributed by atoms with Crippen molar-refractivity contribution in [3.8, 4) is 0 Å². The van der Waals surface area contributed by atoms with Crippen LogP contribution in [0, 0.1) is 12.8 Å². The number of carbonyl (C=O) groups is 1. The second-order valence-electron chi connectivity index (χ2n) is 6.02. The Kier molecular flexibility index (Phi) is 3.98. The Bertz CT molecular complexity index is 813. The van der Waals surface area contributed by atoms with E-state index in [1.54, 1.807) is 31.2 Å². The summed E-state index contributed by atoms with van der Waals surface area (Å²) >= 11 is 0. The van der Waals surface area contributed by atoms with Crippen molar-refractivity contribution < 1.29 is 13.2 Å². The number of aryl methyl sites for hydroxylation is 1. The summed E-state index contributed by atoms with van der Waals surface area (Å²) in [6, 6.07) is 15.5. The van der Waals surface area contributed by atoms with Crippen LogP contribution in [0.15, 0.2) is 59.5 Å². The van der Waals surface area contributed by atoms with Crippen LogP contribution in [0.1, 0.15) is 30.5 Å². The maximum absolute atomic E-state index is 13.0. The summed E-state index contributed by atoms with van der Waals surface area (Å²) in [5.41, 5.74) is 1.82. The summed E-state index contributed by atoms with van der Waals surface area (Å²) < 4.78 is 27.0. The Hall–Kier alpha value is -2.14. The number of benzene rings is 2. The molecule has 4 nitrogen and oxygen atoms in total. The third kappa shape index (κ3) is 2.77. The Balaban J connectivity index is 2.07. The first kappa shape index (κ1) is 15.7. The van der Waals surface area contributed by atoms with E-state index in [0.29, 0.717) is 6.42 Å². The minimum absolute atomic E-state index is 0.159. The van der Waals surface area contributed by atoms with Crippen molar-refractivity contribution >= 4 is 15.9 Å². The molecular weight excluding hydrogens is 310 g/mol. The lowest BCUT2D eigenvalue weighted by atomic mass is 10.0. The number of amides is 1. The summed E-state index contributed by atoms with van der Waals surface area (Å²) in [5.74, 6) is -0.639. The van der Waals surface area contributed by atoms with Gasteiger partial charge in [-0.05, 0) is 31.0 Å². The lowest BCUT2D eigenvalue weighted by Gasteiger charge is -2.24. The van der Waals surface area contributed by atoms with Gasteiger partial charge in [-0.25, -0.2) is 12.7 Å². The van der Waals surface area contributed by atoms with Gasteiger partial charge in [-0.3, -0.25) is 4.79 Å². The van der Waals surface area contributed by atoms with E-state index in [9.17, 15) is 13.2 Å². The molecule has 2 aromatic rings. The topological polar surface area (TPSA) is 54.5 Å². The average Bonchev–Trinajstić information content (AvgIpc) is 2.85. The van der Waals surface area contributed by atoms with Crippen LogP contribution in [-0.4, -0.2) is 18.6 Å². The molecule has 1 aliphatic heterocycles. The van der Waals surface area contributed by atoms with Crippen LogP contribution in [0.25, 0.3) is 0 Å². The fraction of sp³-hybridized carbons (Fsp3) is 0.278. The minimum atomic E-state index is -3.85. The Morgan fingerprint density at radius 1 is 1.00 bits per heavy atom. The molecule has 0 saturated carbocycles. The van der Waals surface area contributed by atoms with Gasteiger partial charge in [0.05, 0.1) is 10.9 Å². The predicted molar refractivity (Wildman–Crippen MR) is 88.2 cm³/mol. The standard InChI is InChI=1S/C18H19NO3S/c1-13-8-10-16(11-9-13)23(21,22)19-17(12-14(2)18(19)20)15-6-4-3-5-7-15/h3-11,14,17H,12H2,1-2H3/t14-,17-/m0/s1.